The van der Waals surface area contributed by atoms with Gasteiger partial charge in [0.15, 0.2) is 0 Å². The minimum Gasteiger partial charge on any atom is -0.313 e. The van der Waals surface area contributed by atoms with E-state index < -0.39 is 0 Å². The van der Waals surface area contributed by atoms with Crippen LogP contribution < -0.4 is 5.32 Å². The highest BCUT2D eigenvalue weighted by Crippen LogP contribution is 2.33. The normalized spacial score (nSPS) is 25.3. The fourth-order valence-electron chi connectivity index (χ4n) is 3.23. The standard InChI is InChI=1S/C17H31N/c1-4-7-9-17(18-14-6-3)16-12-10-15(8-5-2)11-13-16/h15-18H,5-6,8-14H2,1-3H3. The highest BCUT2D eigenvalue weighted by atomic mass is 14.9. The van der Waals surface area contributed by atoms with E-state index in [1.54, 1.807) is 0 Å². The molecule has 1 unspecified atom stereocenters. The summed E-state index contributed by atoms with van der Waals surface area (Å²) in [6.07, 6.45) is 10.8. The molecule has 0 bridgehead atoms. The lowest BCUT2D eigenvalue weighted by Crippen LogP contribution is -2.38. The summed E-state index contributed by atoms with van der Waals surface area (Å²) in [4.78, 5) is 0. The van der Waals surface area contributed by atoms with Gasteiger partial charge in [-0.05, 0) is 44.6 Å². The molecule has 1 rings (SSSR count). The highest BCUT2D eigenvalue weighted by Gasteiger charge is 2.26. The van der Waals surface area contributed by atoms with Crippen molar-refractivity contribution in [1.29, 1.82) is 0 Å². The van der Waals surface area contributed by atoms with Crippen molar-refractivity contribution < 1.29 is 0 Å². The lowest BCUT2D eigenvalue weighted by atomic mass is 9.76. The number of hydrogen-bond donors (Lipinski definition) is 1. The van der Waals surface area contributed by atoms with Crippen LogP contribution in [0, 0.1) is 23.7 Å². The van der Waals surface area contributed by atoms with E-state index >= 15 is 0 Å². The van der Waals surface area contributed by atoms with Gasteiger partial charge in [0.25, 0.3) is 0 Å². The number of hydrogen-bond acceptors (Lipinski definition) is 1. The number of nitrogens with one attached hydrogen (secondary N) is 1. The Morgan fingerprint density at radius 1 is 1.11 bits per heavy atom. The zero-order valence-electron chi connectivity index (χ0n) is 12.6. The van der Waals surface area contributed by atoms with Crippen molar-refractivity contribution in [3.05, 3.63) is 0 Å². The third-order valence-electron chi connectivity index (χ3n) is 4.31. The van der Waals surface area contributed by atoms with Crippen LogP contribution in [0.5, 0.6) is 0 Å². The van der Waals surface area contributed by atoms with Gasteiger partial charge in [0.2, 0.25) is 0 Å². The maximum absolute atomic E-state index is 3.72. The molecule has 18 heavy (non-hydrogen) atoms. The molecule has 1 N–H and O–H groups in total. The maximum Gasteiger partial charge on any atom is 0.0245 e. The molecular formula is C17H31N. The molecule has 1 fully saturated rings. The molecule has 1 nitrogen and oxygen atoms in total. The van der Waals surface area contributed by atoms with E-state index in [1.807, 2.05) is 6.92 Å². The molecule has 1 aliphatic carbocycles. The molecule has 0 aromatic heterocycles. The van der Waals surface area contributed by atoms with E-state index in [2.05, 4.69) is 31.0 Å². The summed E-state index contributed by atoms with van der Waals surface area (Å²) in [7, 11) is 0. The van der Waals surface area contributed by atoms with Gasteiger partial charge in [-0.2, -0.15) is 0 Å². The van der Waals surface area contributed by atoms with Crippen LogP contribution in [0.4, 0.5) is 0 Å². The van der Waals surface area contributed by atoms with Gasteiger partial charge in [-0.1, -0.05) is 39.5 Å². The average Bonchev–Trinajstić information content (AvgIpc) is 2.41. The van der Waals surface area contributed by atoms with Crippen molar-refractivity contribution in [3.8, 4) is 11.8 Å². The third kappa shape index (κ3) is 5.44. The topological polar surface area (TPSA) is 12.0 Å². The molecular weight excluding hydrogens is 218 g/mol. The molecule has 0 aromatic carbocycles. The lowest BCUT2D eigenvalue weighted by Gasteiger charge is -2.33. The van der Waals surface area contributed by atoms with Crippen LogP contribution in [0.1, 0.15) is 72.1 Å². The van der Waals surface area contributed by atoms with Gasteiger partial charge >= 0.3 is 0 Å². The Kier molecular flexibility index (Phi) is 8.18. The van der Waals surface area contributed by atoms with Crippen LogP contribution >= 0.6 is 0 Å². The second-order valence-corrected chi connectivity index (χ2v) is 5.76. The first-order valence-electron chi connectivity index (χ1n) is 7.94. The molecule has 0 heterocycles. The SMILES string of the molecule is CC#CCC(NCCC)C1CCC(CCC)CC1. The maximum atomic E-state index is 3.72. The Hall–Kier alpha value is -0.480. The van der Waals surface area contributed by atoms with Gasteiger partial charge < -0.3 is 5.32 Å². The van der Waals surface area contributed by atoms with E-state index in [0.29, 0.717) is 6.04 Å². The Balaban J connectivity index is 2.40. The fourth-order valence-corrected chi connectivity index (χ4v) is 3.23. The minimum atomic E-state index is 0.639. The van der Waals surface area contributed by atoms with Gasteiger partial charge in [-0.3, -0.25) is 0 Å². The monoisotopic (exact) mass is 249 g/mol. The van der Waals surface area contributed by atoms with Gasteiger partial charge in [0.1, 0.15) is 0 Å². The molecule has 1 heteroatoms. The molecule has 0 aliphatic heterocycles. The summed E-state index contributed by atoms with van der Waals surface area (Å²) >= 11 is 0. The van der Waals surface area contributed by atoms with Crippen LogP contribution in [0.15, 0.2) is 0 Å². The van der Waals surface area contributed by atoms with Crippen molar-refractivity contribution in [2.24, 2.45) is 11.8 Å². The van der Waals surface area contributed by atoms with E-state index in [9.17, 15) is 0 Å². The van der Waals surface area contributed by atoms with Crippen molar-refractivity contribution >= 4 is 0 Å². The predicted octanol–water partition coefficient (Wildman–Crippen LogP) is 4.37. The zero-order chi connectivity index (χ0) is 13.2. The first kappa shape index (κ1) is 15.6. The lowest BCUT2D eigenvalue weighted by molar-refractivity contribution is 0.215. The highest BCUT2D eigenvalue weighted by molar-refractivity contribution is 5.00. The molecule has 1 atom stereocenters. The van der Waals surface area contributed by atoms with E-state index in [1.165, 1.54) is 44.9 Å². The molecule has 0 amide bonds. The van der Waals surface area contributed by atoms with Crippen LogP contribution in [0.3, 0.4) is 0 Å². The third-order valence-corrected chi connectivity index (χ3v) is 4.31. The second kappa shape index (κ2) is 9.45. The number of rotatable bonds is 7. The van der Waals surface area contributed by atoms with Crippen LogP contribution in [-0.2, 0) is 0 Å². The zero-order valence-corrected chi connectivity index (χ0v) is 12.6. The van der Waals surface area contributed by atoms with Crippen molar-refractivity contribution in [1.82, 2.24) is 5.32 Å². The summed E-state index contributed by atoms with van der Waals surface area (Å²) in [6, 6.07) is 0.639. The quantitative estimate of drug-likeness (QED) is 0.660. The first-order valence-corrected chi connectivity index (χ1v) is 7.94. The largest absolute Gasteiger partial charge is 0.313 e. The molecule has 0 saturated heterocycles. The molecule has 1 aliphatic rings. The van der Waals surface area contributed by atoms with E-state index in [0.717, 1.165) is 24.8 Å². The predicted molar refractivity (Wildman–Crippen MR) is 80.5 cm³/mol. The molecule has 0 aromatic rings. The summed E-state index contributed by atoms with van der Waals surface area (Å²) in [6.45, 7) is 7.65. The summed E-state index contributed by atoms with van der Waals surface area (Å²) in [5.74, 6) is 8.21. The fraction of sp³-hybridized carbons (Fsp3) is 0.882. The minimum absolute atomic E-state index is 0.639. The van der Waals surface area contributed by atoms with Crippen LogP contribution in [-0.4, -0.2) is 12.6 Å². The van der Waals surface area contributed by atoms with E-state index in [-0.39, 0.29) is 0 Å². The van der Waals surface area contributed by atoms with Crippen molar-refractivity contribution in [2.45, 2.75) is 78.2 Å². The molecule has 1 saturated carbocycles. The molecule has 0 spiro atoms. The van der Waals surface area contributed by atoms with Gasteiger partial charge in [-0.15, -0.1) is 11.8 Å². The molecule has 104 valence electrons. The van der Waals surface area contributed by atoms with Crippen LogP contribution in [0.25, 0.3) is 0 Å². The first-order chi connectivity index (χ1) is 8.81. The van der Waals surface area contributed by atoms with Gasteiger partial charge in [-0.25, -0.2) is 0 Å². The Morgan fingerprint density at radius 3 is 2.39 bits per heavy atom. The van der Waals surface area contributed by atoms with Crippen molar-refractivity contribution in [3.63, 3.8) is 0 Å². The van der Waals surface area contributed by atoms with Gasteiger partial charge in [0, 0.05) is 12.5 Å². The summed E-state index contributed by atoms with van der Waals surface area (Å²) in [5, 5.41) is 3.72. The average molecular weight is 249 g/mol. The van der Waals surface area contributed by atoms with E-state index in [4.69, 9.17) is 0 Å². The summed E-state index contributed by atoms with van der Waals surface area (Å²) in [5.41, 5.74) is 0. The van der Waals surface area contributed by atoms with Crippen LogP contribution in [0.2, 0.25) is 0 Å². The smallest absolute Gasteiger partial charge is 0.0245 e. The van der Waals surface area contributed by atoms with Crippen molar-refractivity contribution in [2.75, 3.05) is 6.54 Å². The van der Waals surface area contributed by atoms with Gasteiger partial charge in [0.05, 0.1) is 0 Å². The Labute approximate surface area is 114 Å². The Bertz CT molecular complexity index is 253. The molecule has 0 radical (unpaired) electrons. The second-order valence-electron chi connectivity index (χ2n) is 5.76. The summed E-state index contributed by atoms with van der Waals surface area (Å²) < 4.78 is 0. The Morgan fingerprint density at radius 2 is 1.83 bits per heavy atom.